The maximum Gasteiger partial charge on any atom is 0.295 e. The number of aromatic nitrogens is 2. The molecule has 1 N–H and O–H groups in total. The minimum absolute atomic E-state index is 0.0841. The molecular formula is C8H10ClN3O2. The van der Waals surface area contributed by atoms with Crippen molar-refractivity contribution in [1.29, 1.82) is 0 Å². The molecule has 1 heterocycles. The Hall–Kier alpha value is -1.20. The molecular weight excluding hydrogens is 206 g/mol. The Labute approximate surface area is 86.4 Å². The van der Waals surface area contributed by atoms with Gasteiger partial charge in [0.2, 0.25) is 0 Å². The first-order valence-corrected chi connectivity index (χ1v) is 4.42. The van der Waals surface area contributed by atoms with Gasteiger partial charge in [0.15, 0.2) is 10.8 Å². The van der Waals surface area contributed by atoms with Crippen molar-refractivity contribution in [2.24, 2.45) is 0 Å². The summed E-state index contributed by atoms with van der Waals surface area (Å²) in [6.45, 7) is 3.60. The molecule has 0 radical (unpaired) electrons. The monoisotopic (exact) mass is 215 g/mol. The Morgan fingerprint density at radius 3 is 2.71 bits per heavy atom. The van der Waals surface area contributed by atoms with Crippen LogP contribution >= 0.6 is 11.6 Å². The van der Waals surface area contributed by atoms with Crippen LogP contribution < -0.4 is 5.48 Å². The third-order valence-corrected chi connectivity index (χ3v) is 1.45. The molecule has 14 heavy (non-hydrogen) atoms. The van der Waals surface area contributed by atoms with Crippen LogP contribution in [-0.2, 0) is 4.84 Å². The summed E-state index contributed by atoms with van der Waals surface area (Å²) in [5.41, 5.74) is 2.40. The molecule has 0 bridgehead atoms. The summed E-state index contributed by atoms with van der Waals surface area (Å²) in [5.74, 6) is -0.442. The van der Waals surface area contributed by atoms with Crippen LogP contribution in [0.2, 0.25) is 5.15 Å². The van der Waals surface area contributed by atoms with Crippen LogP contribution in [-0.4, -0.2) is 22.2 Å². The van der Waals surface area contributed by atoms with Crippen molar-refractivity contribution in [3.63, 3.8) is 0 Å². The first-order chi connectivity index (χ1) is 6.59. The Balaban J connectivity index is 2.57. The zero-order valence-electron chi connectivity index (χ0n) is 7.82. The van der Waals surface area contributed by atoms with Crippen LogP contribution in [0, 0.1) is 0 Å². The quantitative estimate of drug-likeness (QED) is 0.770. The second-order valence-electron chi connectivity index (χ2n) is 2.84. The summed E-state index contributed by atoms with van der Waals surface area (Å²) in [4.78, 5) is 16.2. The van der Waals surface area contributed by atoms with Crippen LogP contribution in [0.15, 0.2) is 12.1 Å². The van der Waals surface area contributed by atoms with Gasteiger partial charge in [-0.2, -0.15) is 0 Å². The first kappa shape index (κ1) is 10.9. The molecule has 76 valence electrons. The molecule has 0 aliphatic heterocycles. The highest BCUT2D eigenvalue weighted by Gasteiger charge is 2.08. The molecule has 1 rings (SSSR count). The third kappa shape index (κ3) is 3.27. The average Bonchev–Trinajstić information content (AvgIpc) is 2.15. The van der Waals surface area contributed by atoms with Crippen molar-refractivity contribution in [2.45, 2.75) is 20.0 Å². The lowest BCUT2D eigenvalue weighted by molar-refractivity contribution is -0.000200. The van der Waals surface area contributed by atoms with E-state index in [9.17, 15) is 4.79 Å². The smallest absolute Gasteiger partial charge is 0.271 e. The fourth-order valence-corrected chi connectivity index (χ4v) is 0.762. The van der Waals surface area contributed by atoms with Gasteiger partial charge in [-0.1, -0.05) is 11.6 Å². The standard InChI is InChI=1S/C8H10ClN3O2/c1-5(2)14-12-8(13)6-3-4-7(9)11-10-6/h3-5H,1-2H3,(H,12,13). The lowest BCUT2D eigenvalue weighted by Crippen LogP contribution is -2.27. The molecule has 6 heteroatoms. The predicted octanol–water partition coefficient (Wildman–Crippen LogP) is 1.20. The van der Waals surface area contributed by atoms with Crippen molar-refractivity contribution >= 4 is 17.5 Å². The van der Waals surface area contributed by atoms with Gasteiger partial charge in [0.05, 0.1) is 6.10 Å². The van der Waals surface area contributed by atoms with Gasteiger partial charge in [-0.25, -0.2) is 5.48 Å². The van der Waals surface area contributed by atoms with E-state index in [-0.39, 0.29) is 17.0 Å². The molecule has 1 aromatic heterocycles. The molecule has 0 aromatic carbocycles. The molecule has 5 nitrogen and oxygen atoms in total. The van der Waals surface area contributed by atoms with E-state index < -0.39 is 5.91 Å². The molecule has 0 unspecified atom stereocenters. The summed E-state index contributed by atoms with van der Waals surface area (Å²) in [6.07, 6.45) is -0.0841. The second-order valence-corrected chi connectivity index (χ2v) is 3.23. The van der Waals surface area contributed by atoms with Gasteiger partial charge >= 0.3 is 0 Å². The average molecular weight is 216 g/mol. The summed E-state index contributed by atoms with van der Waals surface area (Å²) < 4.78 is 0. The highest BCUT2D eigenvalue weighted by molar-refractivity contribution is 6.29. The number of hydrogen-bond acceptors (Lipinski definition) is 4. The highest BCUT2D eigenvalue weighted by atomic mass is 35.5. The van der Waals surface area contributed by atoms with Crippen molar-refractivity contribution in [2.75, 3.05) is 0 Å². The van der Waals surface area contributed by atoms with Crippen molar-refractivity contribution in [3.05, 3.63) is 23.0 Å². The fraction of sp³-hybridized carbons (Fsp3) is 0.375. The van der Waals surface area contributed by atoms with Crippen molar-refractivity contribution in [3.8, 4) is 0 Å². The molecule has 0 atom stereocenters. The lowest BCUT2D eigenvalue weighted by Gasteiger charge is -2.07. The van der Waals surface area contributed by atoms with Crippen LogP contribution in [0.5, 0.6) is 0 Å². The minimum Gasteiger partial charge on any atom is -0.271 e. The SMILES string of the molecule is CC(C)ONC(=O)c1ccc(Cl)nn1. The van der Waals surface area contributed by atoms with Gasteiger partial charge in [0.1, 0.15) is 0 Å². The van der Waals surface area contributed by atoms with Gasteiger partial charge in [-0.3, -0.25) is 9.63 Å². The van der Waals surface area contributed by atoms with E-state index in [1.165, 1.54) is 12.1 Å². The van der Waals surface area contributed by atoms with E-state index in [1.54, 1.807) is 13.8 Å². The Bertz CT molecular complexity index is 313. The fourth-order valence-electron chi connectivity index (χ4n) is 0.661. The van der Waals surface area contributed by atoms with E-state index in [0.29, 0.717) is 0 Å². The molecule has 1 aromatic rings. The molecule has 0 spiro atoms. The minimum atomic E-state index is -0.442. The summed E-state index contributed by atoms with van der Waals surface area (Å²) in [7, 11) is 0. The number of halogens is 1. The first-order valence-electron chi connectivity index (χ1n) is 4.05. The number of rotatable bonds is 3. The molecule has 1 amide bonds. The van der Waals surface area contributed by atoms with Crippen LogP contribution in [0.25, 0.3) is 0 Å². The van der Waals surface area contributed by atoms with Gasteiger partial charge in [-0.05, 0) is 26.0 Å². The molecule has 0 aliphatic rings. The number of nitrogens with zero attached hydrogens (tertiary/aromatic N) is 2. The van der Waals surface area contributed by atoms with E-state index in [1.807, 2.05) is 0 Å². The molecule has 0 saturated heterocycles. The second kappa shape index (κ2) is 4.88. The van der Waals surface area contributed by atoms with Crippen LogP contribution in [0.1, 0.15) is 24.3 Å². The molecule has 0 aliphatic carbocycles. The number of carbonyl (C=O) groups excluding carboxylic acids is 1. The Morgan fingerprint density at radius 2 is 2.21 bits per heavy atom. The summed E-state index contributed by atoms with van der Waals surface area (Å²) in [5, 5.41) is 7.35. The topological polar surface area (TPSA) is 64.1 Å². The summed E-state index contributed by atoms with van der Waals surface area (Å²) >= 11 is 5.51. The van der Waals surface area contributed by atoms with E-state index in [4.69, 9.17) is 16.4 Å². The van der Waals surface area contributed by atoms with Crippen molar-refractivity contribution < 1.29 is 9.63 Å². The third-order valence-electron chi connectivity index (χ3n) is 1.25. The zero-order chi connectivity index (χ0) is 10.6. The summed E-state index contributed by atoms with van der Waals surface area (Å²) in [6, 6.07) is 2.95. The number of amides is 1. The zero-order valence-corrected chi connectivity index (χ0v) is 8.58. The lowest BCUT2D eigenvalue weighted by atomic mass is 10.4. The highest BCUT2D eigenvalue weighted by Crippen LogP contribution is 2.01. The van der Waals surface area contributed by atoms with Gasteiger partial charge in [-0.15, -0.1) is 10.2 Å². The van der Waals surface area contributed by atoms with Gasteiger partial charge in [0.25, 0.3) is 5.91 Å². The van der Waals surface area contributed by atoms with Gasteiger partial charge in [0, 0.05) is 0 Å². The van der Waals surface area contributed by atoms with E-state index >= 15 is 0 Å². The largest absolute Gasteiger partial charge is 0.295 e. The molecule has 0 saturated carbocycles. The number of carbonyl (C=O) groups is 1. The van der Waals surface area contributed by atoms with Crippen molar-refractivity contribution in [1.82, 2.24) is 15.7 Å². The Morgan fingerprint density at radius 1 is 1.50 bits per heavy atom. The maximum atomic E-state index is 11.3. The number of hydrogen-bond donors (Lipinski definition) is 1. The predicted molar refractivity (Wildman–Crippen MR) is 50.7 cm³/mol. The Kier molecular flexibility index (Phi) is 3.79. The number of hydroxylamine groups is 1. The van der Waals surface area contributed by atoms with Crippen LogP contribution in [0.3, 0.4) is 0 Å². The maximum absolute atomic E-state index is 11.3. The normalized spacial score (nSPS) is 10.3. The number of nitrogens with one attached hydrogen (secondary N) is 1. The van der Waals surface area contributed by atoms with Gasteiger partial charge < -0.3 is 0 Å². The van der Waals surface area contributed by atoms with E-state index in [2.05, 4.69) is 15.7 Å². The van der Waals surface area contributed by atoms with Crippen LogP contribution in [0.4, 0.5) is 0 Å². The van der Waals surface area contributed by atoms with E-state index in [0.717, 1.165) is 0 Å². The molecule has 0 fully saturated rings.